The van der Waals surface area contributed by atoms with Crippen LogP contribution in [0, 0.1) is 5.82 Å². The van der Waals surface area contributed by atoms with Crippen LogP contribution in [0.1, 0.15) is 17.2 Å². The number of nitrogens with zero attached hydrogens (tertiary/aromatic N) is 1. The van der Waals surface area contributed by atoms with Crippen molar-refractivity contribution >= 4 is 22.5 Å². The highest BCUT2D eigenvalue weighted by Gasteiger charge is 2.11. The van der Waals surface area contributed by atoms with Crippen molar-refractivity contribution in [3.05, 3.63) is 76.7 Å². The molecule has 1 atom stereocenters. The van der Waals surface area contributed by atoms with E-state index in [1.54, 1.807) is 12.3 Å². The quantitative estimate of drug-likeness (QED) is 0.784. The van der Waals surface area contributed by atoms with E-state index >= 15 is 0 Å². The molecule has 106 valence electrons. The average molecular weight is 301 g/mol. The van der Waals surface area contributed by atoms with Crippen molar-refractivity contribution in [2.45, 2.75) is 12.5 Å². The SMILES string of the molecule is NC(Cc1cc(F)ccc1Cl)c1ccc2ncccc2c1. The molecule has 2 aromatic carbocycles. The molecule has 0 aliphatic carbocycles. The second-order valence-electron chi connectivity index (χ2n) is 5.00. The number of hydrogen-bond acceptors (Lipinski definition) is 2. The molecule has 2 N–H and O–H groups in total. The van der Waals surface area contributed by atoms with Gasteiger partial charge in [-0.2, -0.15) is 0 Å². The third-order valence-electron chi connectivity index (χ3n) is 3.50. The molecule has 0 spiro atoms. The van der Waals surface area contributed by atoms with Crippen molar-refractivity contribution in [1.29, 1.82) is 0 Å². The average Bonchev–Trinajstić information content (AvgIpc) is 2.50. The number of hydrogen-bond donors (Lipinski definition) is 1. The maximum absolute atomic E-state index is 13.3. The van der Waals surface area contributed by atoms with Gasteiger partial charge in [0.25, 0.3) is 0 Å². The Kier molecular flexibility index (Phi) is 3.86. The van der Waals surface area contributed by atoms with Crippen molar-refractivity contribution in [2.75, 3.05) is 0 Å². The molecule has 2 nitrogen and oxygen atoms in total. The fraction of sp³-hybridized carbons (Fsp3) is 0.118. The first-order valence-electron chi connectivity index (χ1n) is 6.67. The number of fused-ring (bicyclic) bond motifs is 1. The Bertz CT molecular complexity index is 789. The lowest BCUT2D eigenvalue weighted by Gasteiger charge is -2.14. The molecule has 21 heavy (non-hydrogen) atoms. The van der Waals surface area contributed by atoms with Crippen LogP contribution in [-0.4, -0.2) is 4.98 Å². The Labute approximate surface area is 127 Å². The molecule has 1 unspecified atom stereocenters. The number of aromatic nitrogens is 1. The van der Waals surface area contributed by atoms with Gasteiger partial charge in [0, 0.05) is 22.6 Å². The Morgan fingerprint density at radius 3 is 2.86 bits per heavy atom. The molecule has 3 aromatic rings. The molecule has 0 aliphatic heterocycles. The van der Waals surface area contributed by atoms with Crippen molar-refractivity contribution in [3.63, 3.8) is 0 Å². The molecule has 0 saturated heterocycles. The Balaban J connectivity index is 1.89. The number of benzene rings is 2. The number of rotatable bonds is 3. The van der Waals surface area contributed by atoms with Crippen molar-refractivity contribution in [3.8, 4) is 0 Å². The predicted octanol–water partition coefficient (Wildman–Crippen LogP) is 4.27. The van der Waals surface area contributed by atoms with Gasteiger partial charge in [-0.1, -0.05) is 23.7 Å². The van der Waals surface area contributed by atoms with Gasteiger partial charge in [0.1, 0.15) is 5.82 Å². The van der Waals surface area contributed by atoms with Crippen LogP contribution in [0.2, 0.25) is 5.02 Å². The normalized spacial score (nSPS) is 12.5. The highest BCUT2D eigenvalue weighted by Crippen LogP contribution is 2.24. The molecule has 0 amide bonds. The summed E-state index contributed by atoms with van der Waals surface area (Å²) in [6, 6.07) is 13.9. The minimum atomic E-state index is -0.302. The molecule has 3 rings (SSSR count). The second-order valence-corrected chi connectivity index (χ2v) is 5.41. The summed E-state index contributed by atoms with van der Waals surface area (Å²) in [6.45, 7) is 0. The van der Waals surface area contributed by atoms with Gasteiger partial charge in [-0.15, -0.1) is 0 Å². The van der Waals surface area contributed by atoms with Crippen LogP contribution in [0.3, 0.4) is 0 Å². The van der Waals surface area contributed by atoms with Crippen molar-refractivity contribution in [1.82, 2.24) is 4.98 Å². The first kappa shape index (κ1) is 14.0. The minimum absolute atomic E-state index is 0.242. The van der Waals surface area contributed by atoms with E-state index in [-0.39, 0.29) is 11.9 Å². The van der Waals surface area contributed by atoms with E-state index in [1.165, 1.54) is 12.1 Å². The van der Waals surface area contributed by atoms with E-state index in [1.807, 2.05) is 30.3 Å². The zero-order valence-corrected chi connectivity index (χ0v) is 12.0. The first-order valence-corrected chi connectivity index (χ1v) is 7.05. The fourth-order valence-corrected chi connectivity index (χ4v) is 2.57. The molecule has 4 heteroatoms. The monoisotopic (exact) mass is 300 g/mol. The van der Waals surface area contributed by atoms with Crippen LogP contribution in [0.4, 0.5) is 4.39 Å². The summed E-state index contributed by atoms with van der Waals surface area (Å²) < 4.78 is 13.3. The summed E-state index contributed by atoms with van der Waals surface area (Å²) in [5, 5.41) is 1.57. The molecule has 0 bridgehead atoms. The smallest absolute Gasteiger partial charge is 0.123 e. The highest BCUT2D eigenvalue weighted by molar-refractivity contribution is 6.31. The molecular formula is C17H14ClFN2. The summed E-state index contributed by atoms with van der Waals surface area (Å²) in [7, 11) is 0. The summed E-state index contributed by atoms with van der Waals surface area (Å²) >= 11 is 6.09. The number of pyridine rings is 1. The lowest BCUT2D eigenvalue weighted by molar-refractivity contribution is 0.622. The van der Waals surface area contributed by atoms with Gasteiger partial charge >= 0.3 is 0 Å². The summed E-state index contributed by atoms with van der Waals surface area (Å²) in [4.78, 5) is 4.28. The Morgan fingerprint density at radius 2 is 2.00 bits per heavy atom. The third-order valence-corrected chi connectivity index (χ3v) is 3.87. The van der Waals surface area contributed by atoms with Gasteiger partial charge < -0.3 is 5.73 Å². The van der Waals surface area contributed by atoms with E-state index in [4.69, 9.17) is 17.3 Å². The summed E-state index contributed by atoms with van der Waals surface area (Å²) in [5.41, 5.74) is 8.86. The molecule has 0 aliphatic rings. The van der Waals surface area contributed by atoms with Crippen LogP contribution >= 0.6 is 11.6 Å². The van der Waals surface area contributed by atoms with Crippen molar-refractivity contribution in [2.24, 2.45) is 5.73 Å². The van der Waals surface area contributed by atoms with Crippen LogP contribution in [0.15, 0.2) is 54.7 Å². The maximum atomic E-state index is 13.3. The van der Waals surface area contributed by atoms with E-state index in [9.17, 15) is 4.39 Å². The third kappa shape index (κ3) is 3.04. The fourth-order valence-electron chi connectivity index (χ4n) is 2.38. The van der Waals surface area contributed by atoms with E-state index < -0.39 is 0 Å². The lowest BCUT2D eigenvalue weighted by Crippen LogP contribution is -2.13. The Morgan fingerprint density at radius 1 is 1.14 bits per heavy atom. The van der Waals surface area contributed by atoms with Crippen LogP contribution in [-0.2, 0) is 6.42 Å². The molecule has 1 heterocycles. The van der Waals surface area contributed by atoms with Crippen LogP contribution in [0.25, 0.3) is 10.9 Å². The van der Waals surface area contributed by atoms with Gasteiger partial charge in [-0.05, 0) is 53.9 Å². The molecule has 0 saturated carbocycles. The molecule has 0 radical (unpaired) electrons. The van der Waals surface area contributed by atoms with Gasteiger partial charge in [-0.25, -0.2) is 4.39 Å². The second kappa shape index (κ2) is 5.80. The predicted molar refractivity (Wildman–Crippen MR) is 83.8 cm³/mol. The first-order chi connectivity index (χ1) is 10.1. The molecule has 1 aromatic heterocycles. The lowest BCUT2D eigenvalue weighted by atomic mass is 9.98. The largest absolute Gasteiger partial charge is 0.324 e. The van der Waals surface area contributed by atoms with Gasteiger partial charge in [0.2, 0.25) is 0 Å². The minimum Gasteiger partial charge on any atom is -0.324 e. The summed E-state index contributed by atoms with van der Waals surface area (Å²) in [6.07, 6.45) is 2.25. The summed E-state index contributed by atoms with van der Waals surface area (Å²) in [5.74, 6) is -0.302. The zero-order chi connectivity index (χ0) is 14.8. The van der Waals surface area contributed by atoms with Gasteiger partial charge in [0.05, 0.1) is 5.52 Å². The van der Waals surface area contributed by atoms with E-state index in [0.717, 1.165) is 22.0 Å². The van der Waals surface area contributed by atoms with Gasteiger partial charge in [0.15, 0.2) is 0 Å². The number of halogens is 2. The molecular weight excluding hydrogens is 287 g/mol. The maximum Gasteiger partial charge on any atom is 0.123 e. The van der Waals surface area contributed by atoms with E-state index in [0.29, 0.717) is 11.4 Å². The van der Waals surface area contributed by atoms with Crippen LogP contribution < -0.4 is 5.73 Å². The van der Waals surface area contributed by atoms with Crippen molar-refractivity contribution < 1.29 is 4.39 Å². The zero-order valence-electron chi connectivity index (χ0n) is 11.3. The topological polar surface area (TPSA) is 38.9 Å². The van der Waals surface area contributed by atoms with Gasteiger partial charge in [-0.3, -0.25) is 4.98 Å². The Hall–Kier alpha value is -1.97. The molecule has 0 fully saturated rings. The standard InChI is InChI=1S/C17H14ClFN2/c18-15-5-4-14(19)9-13(15)10-16(20)11-3-6-17-12(8-11)2-1-7-21-17/h1-9,16H,10,20H2. The highest BCUT2D eigenvalue weighted by atomic mass is 35.5. The van der Waals surface area contributed by atoms with Crippen LogP contribution in [0.5, 0.6) is 0 Å². The van der Waals surface area contributed by atoms with E-state index in [2.05, 4.69) is 4.98 Å². The number of nitrogens with two attached hydrogens (primary N) is 1.